The summed E-state index contributed by atoms with van der Waals surface area (Å²) in [6.07, 6.45) is 4.95. The van der Waals surface area contributed by atoms with Crippen molar-refractivity contribution < 1.29 is 19.0 Å². The third-order valence-electron chi connectivity index (χ3n) is 6.16. The zero-order chi connectivity index (χ0) is 23.5. The third kappa shape index (κ3) is 3.71. The second kappa shape index (κ2) is 9.06. The Bertz CT molecular complexity index is 1320. The van der Waals surface area contributed by atoms with Crippen LogP contribution in [0.4, 0.5) is 0 Å². The van der Waals surface area contributed by atoms with E-state index in [-0.39, 0.29) is 5.97 Å². The van der Waals surface area contributed by atoms with E-state index in [4.69, 9.17) is 14.2 Å². The Morgan fingerprint density at radius 2 is 1.59 bits per heavy atom. The molecule has 34 heavy (non-hydrogen) atoms. The Kier molecular flexibility index (Phi) is 5.81. The Balaban J connectivity index is 1.66. The number of hydrogen-bond donors (Lipinski definition) is 0. The van der Waals surface area contributed by atoms with Gasteiger partial charge in [0.25, 0.3) is 0 Å². The molecule has 4 heteroatoms. The number of rotatable bonds is 6. The topological polar surface area (TPSA) is 44.8 Å². The first-order chi connectivity index (χ1) is 16.7. The van der Waals surface area contributed by atoms with Crippen molar-refractivity contribution in [3.63, 3.8) is 0 Å². The minimum Gasteiger partial charge on any atom is -0.496 e. The van der Waals surface area contributed by atoms with Gasteiger partial charge in [0.1, 0.15) is 17.1 Å². The van der Waals surface area contributed by atoms with Crippen LogP contribution in [0.25, 0.3) is 16.8 Å². The monoisotopic (exact) mass is 450 g/mol. The predicted octanol–water partition coefficient (Wildman–Crippen LogP) is 6.76. The number of benzene rings is 4. The van der Waals surface area contributed by atoms with Crippen LogP contribution in [0.5, 0.6) is 11.5 Å². The molecule has 5 rings (SSSR count). The first-order valence-corrected chi connectivity index (χ1v) is 11.5. The van der Waals surface area contributed by atoms with Gasteiger partial charge in [0.05, 0.1) is 13.7 Å². The molecule has 0 amide bonds. The smallest absolute Gasteiger partial charge is 0.341 e. The van der Waals surface area contributed by atoms with Gasteiger partial charge in [0.15, 0.2) is 5.60 Å². The Hall–Kier alpha value is -4.05. The summed E-state index contributed by atoms with van der Waals surface area (Å²) in [5, 5.41) is 1.87. The van der Waals surface area contributed by atoms with E-state index in [1.54, 1.807) is 7.11 Å². The molecule has 0 aliphatic carbocycles. The van der Waals surface area contributed by atoms with Crippen molar-refractivity contribution in [1.82, 2.24) is 0 Å². The van der Waals surface area contributed by atoms with Crippen molar-refractivity contribution in [3.05, 3.63) is 113 Å². The van der Waals surface area contributed by atoms with Crippen LogP contribution in [0.1, 0.15) is 40.4 Å². The van der Waals surface area contributed by atoms with Gasteiger partial charge in [-0.05, 0) is 47.5 Å². The van der Waals surface area contributed by atoms with E-state index in [1.807, 2.05) is 67.6 Å². The second-order valence-corrected chi connectivity index (χ2v) is 8.29. The van der Waals surface area contributed by atoms with Gasteiger partial charge in [-0.2, -0.15) is 0 Å². The Morgan fingerprint density at radius 1 is 0.912 bits per heavy atom. The highest BCUT2D eigenvalue weighted by molar-refractivity contribution is 6.02. The maximum absolute atomic E-state index is 12.7. The lowest BCUT2D eigenvalue weighted by molar-refractivity contribution is 0.0501. The second-order valence-electron chi connectivity index (χ2n) is 8.29. The van der Waals surface area contributed by atoms with Gasteiger partial charge in [0.2, 0.25) is 0 Å². The van der Waals surface area contributed by atoms with E-state index in [0.717, 1.165) is 39.6 Å². The van der Waals surface area contributed by atoms with Crippen molar-refractivity contribution in [2.24, 2.45) is 0 Å². The van der Waals surface area contributed by atoms with E-state index < -0.39 is 5.60 Å². The molecule has 0 spiro atoms. The van der Waals surface area contributed by atoms with Gasteiger partial charge in [-0.3, -0.25) is 0 Å². The molecule has 0 radical (unpaired) electrons. The molecule has 4 nitrogen and oxygen atoms in total. The van der Waals surface area contributed by atoms with Gasteiger partial charge in [0, 0.05) is 16.7 Å². The summed E-state index contributed by atoms with van der Waals surface area (Å²) >= 11 is 0. The highest BCUT2D eigenvalue weighted by Crippen LogP contribution is 2.44. The lowest BCUT2D eigenvalue weighted by Gasteiger charge is -2.36. The zero-order valence-electron chi connectivity index (χ0n) is 19.3. The average molecular weight is 451 g/mol. The molecule has 1 aliphatic heterocycles. The SMILES string of the molecule is CCCOC(=O)c1cc2c3c(ccc2cc1OC)OC(c1ccccc1)(c1ccccc1)C=C3. The third-order valence-corrected chi connectivity index (χ3v) is 6.16. The van der Waals surface area contributed by atoms with Crippen molar-refractivity contribution in [2.75, 3.05) is 13.7 Å². The van der Waals surface area contributed by atoms with Crippen molar-refractivity contribution in [3.8, 4) is 11.5 Å². The lowest BCUT2D eigenvalue weighted by Crippen LogP contribution is -2.34. The number of carbonyl (C=O) groups is 1. The highest BCUT2D eigenvalue weighted by atomic mass is 16.5. The molecule has 0 aromatic heterocycles. The molecule has 0 atom stereocenters. The predicted molar refractivity (Wildman–Crippen MR) is 134 cm³/mol. The summed E-state index contributed by atoms with van der Waals surface area (Å²) in [4.78, 5) is 12.7. The van der Waals surface area contributed by atoms with Crippen LogP contribution in [0, 0.1) is 0 Å². The molecule has 0 unspecified atom stereocenters. The minimum atomic E-state index is -0.751. The molecule has 4 aromatic rings. The molecule has 0 fully saturated rings. The van der Waals surface area contributed by atoms with E-state index >= 15 is 0 Å². The van der Waals surface area contributed by atoms with Crippen LogP contribution < -0.4 is 9.47 Å². The summed E-state index contributed by atoms with van der Waals surface area (Å²) in [5.74, 6) is 0.861. The summed E-state index contributed by atoms with van der Waals surface area (Å²) in [5.41, 5.74) is 2.67. The van der Waals surface area contributed by atoms with Crippen molar-refractivity contribution >= 4 is 22.8 Å². The average Bonchev–Trinajstić information content (AvgIpc) is 2.91. The van der Waals surface area contributed by atoms with Crippen LogP contribution >= 0.6 is 0 Å². The molecule has 0 saturated heterocycles. The number of carbonyl (C=O) groups excluding carboxylic acids is 1. The summed E-state index contributed by atoms with van der Waals surface area (Å²) in [6.45, 7) is 2.34. The van der Waals surface area contributed by atoms with Crippen LogP contribution in [0.3, 0.4) is 0 Å². The highest BCUT2D eigenvalue weighted by Gasteiger charge is 2.37. The molecular formula is C30H26O4. The minimum absolute atomic E-state index is 0.368. The molecule has 1 aliphatic rings. The Labute approximate surface area is 199 Å². The maximum Gasteiger partial charge on any atom is 0.341 e. The number of methoxy groups -OCH3 is 1. The van der Waals surface area contributed by atoms with Gasteiger partial charge in [-0.1, -0.05) is 73.7 Å². The quantitative estimate of drug-likeness (QED) is 0.304. The van der Waals surface area contributed by atoms with Crippen LogP contribution in [0.15, 0.2) is 91.0 Å². The Morgan fingerprint density at radius 3 is 2.21 bits per heavy atom. The van der Waals surface area contributed by atoms with Gasteiger partial charge >= 0.3 is 5.97 Å². The van der Waals surface area contributed by atoms with Crippen LogP contribution in [-0.2, 0) is 10.3 Å². The maximum atomic E-state index is 12.7. The summed E-state index contributed by atoms with van der Waals surface area (Å²) in [7, 11) is 1.56. The fourth-order valence-electron chi connectivity index (χ4n) is 4.47. The number of fused-ring (bicyclic) bond motifs is 3. The lowest BCUT2D eigenvalue weighted by atomic mass is 9.83. The fraction of sp³-hybridized carbons (Fsp3) is 0.167. The van der Waals surface area contributed by atoms with E-state index in [1.165, 1.54) is 0 Å². The first-order valence-electron chi connectivity index (χ1n) is 11.5. The fourth-order valence-corrected chi connectivity index (χ4v) is 4.47. The largest absolute Gasteiger partial charge is 0.496 e. The normalized spacial score (nSPS) is 13.7. The van der Waals surface area contributed by atoms with Crippen molar-refractivity contribution in [1.29, 1.82) is 0 Å². The summed E-state index contributed by atoms with van der Waals surface area (Å²) < 4.78 is 17.7. The van der Waals surface area contributed by atoms with Crippen LogP contribution in [-0.4, -0.2) is 19.7 Å². The summed E-state index contributed by atoms with van der Waals surface area (Å²) in [6, 6.07) is 28.1. The number of hydrogen-bond acceptors (Lipinski definition) is 4. The van der Waals surface area contributed by atoms with Gasteiger partial charge in [-0.25, -0.2) is 4.79 Å². The van der Waals surface area contributed by atoms with E-state index in [9.17, 15) is 4.79 Å². The first kappa shape index (κ1) is 21.8. The van der Waals surface area contributed by atoms with Gasteiger partial charge in [-0.15, -0.1) is 0 Å². The number of esters is 1. The molecule has 170 valence electrons. The molecule has 0 N–H and O–H groups in total. The molecule has 1 heterocycles. The van der Waals surface area contributed by atoms with E-state index in [0.29, 0.717) is 17.9 Å². The standard InChI is InChI=1S/C30H26O4/c1-3-18-33-29(31)26-20-25-21(19-28(26)32-2)14-15-27-24(25)16-17-30(34-27,22-10-6-4-7-11-22)23-12-8-5-9-13-23/h4-17,19-20H,3,18H2,1-2H3. The van der Waals surface area contributed by atoms with E-state index in [2.05, 4.69) is 36.4 Å². The zero-order valence-corrected chi connectivity index (χ0v) is 19.3. The number of ether oxygens (including phenoxy) is 3. The molecule has 4 aromatic carbocycles. The molecule has 0 bridgehead atoms. The van der Waals surface area contributed by atoms with Crippen LogP contribution in [0.2, 0.25) is 0 Å². The van der Waals surface area contributed by atoms with Crippen molar-refractivity contribution in [2.45, 2.75) is 18.9 Å². The molecular weight excluding hydrogens is 424 g/mol. The molecule has 0 saturated carbocycles. The van der Waals surface area contributed by atoms with Gasteiger partial charge < -0.3 is 14.2 Å².